The van der Waals surface area contributed by atoms with E-state index in [4.69, 9.17) is 0 Å². The third kappa shape index (κ3) is 16.4. The number of hydrogen-bond donors (Lipinski definition) is 0. The van der Waals surface area contributed by atoms with Gasteiger partial charge in [0.2, 0.25) is 0 Å². The second-order valence-electron chi connectivity index (χ2n) is 12.3. The Hall–Kier alpha value is -1.44. The van der Waals surface area contributed by atoms with Crippen LogP contribution in [0.5, 0.6) is 0 Å². The summed E-state index contributed by atoms with van der Waals surface area (Å²) in [5.41, 5.74) is 1.44. The highest BCUT2D eigenvalue weighted by Crippen LogP contribution is 2.31. The molecule has 1 unspecified atom stereocenters. The first-order chi connectivity index (χ1) is 19.4. The van der Waals surface area contributed by atoms with Gasteiger partial charge in [-0.3, -0.25) is 0 Å². The molecule has 2 nitrogen and oxygen atoms in total. The maximum Gasteiger partial charge on any atom is 0.127 e. The highest BCUT2D eigenvalue weighted by molar-refractivity contribution is 5.21. The van der Waals surface area contributed by atoms with Crippen LogP contribution >= 0.6 is 0 Å². The van der Waals surface area contributed by atoms with Crippen molar-refractivity contribution < 1.29 is 0 Å². The summed E-state index contributed by atoms with van der Waals surface area (Å²) < 4.78 is 0. The fourth-order valence-corrected chi connectivity index (χ4v) is 6.20. The Labute approximate surface area is 245 Å². The summed E-state index contributed by atoms with van der Waals surface area (Å²) in [5.74, 6) is 0. The van der Waals surface area contributed by atoms with Gasteiger partial charge in [-0.15, -0.1) is 0 Å². The van der Waals surface area contributed by atoms with Gasteiger partial charge in [0, 0.05) is 25.5 Å². The van der Waals surface area contributed by atoms with Gasteiger partial charge in [-0.1, -0.05) is 185 Å². The van der Waals surface area contributed by atoms with Gasteiger partial charge in [-0.2, -0.15) is 0 Å². The summed E-state index contributed by atoms with van der Waals surface area (Å²) >= 11 is 0. The molecular formula is C37H66N2. The average molecular weight is 539 g/mol. The van der Waals surface area contributed by atoms with E-state index in [1.165, 1.54) is 173 Å². The summed E-state index contributed by atoms with van der Waals surface area (Å²) in [5, 5.41) is 0. The third-order valence-electron chi connectivity index (χ3n) is 8.72. The summed E-state index contributed by atoms with van der Waals surface area (Å²) in [6, 6.07) is 11.2. The lowest BCUT2D eigenvalue weighted by Crippen LogP contribution is -2.32. The highest BCUT2D eigenvalue weighted by atomic mass is 15.4. The molecule has 0 saturated heterocycles. The summed E-state index contributed by atoms with van der Waals surface area (Å²) in [6.45, 7) is 6.97. The molecule has 224 valence electrons. The second kappa shape index (κ2) is 24.4. The van der Waals surface area contributed by atoms with E-state index in [9.17, 15) is 0 Å². The Balaban J connectivity index is 1.49. The molecule has 39 heavy (non-hydrogen) atoms. The van der Waals surface area contributed by atoms with E-state index in [1.54, 1.807) is 0 Å². The van der Waals surface area contributed by atoms with Crippen molar-refractivity contribution in [3.8, 4) is 0 Å². The molecule has 1 heterocycles. The molecule has 2 heteroatoms. The topological polar surface area (TPSA) is 6.48 Å². The van der Waals surface area contributed by atoms with Crippen LogP contribution in [0.2, 0.25) is 0 Å². The third-order valence-corrected chi connectivity index (χ3v) is 8.72. The first kappa shape index (κ1) is 33.8. The van der Waals surface area contributed by atoms with E-state index in [1.807, 2.05) is 0 Å². The molecule has 1 atom stereocenters. The zero-order valence-corrected chi connectivity index (χ0v) is 26.4. The van der Waals surface area contributed by atoms with Crippen molar-refractivity contribution in [2.45, 2.75) is 174 Å². The van der Waals surface area contributed by atoms with Crippen LogP contribution < -0.4 is 0 Å². The smallest absolute Gasteiger partial charge is 0.127 e. The Bertz CT molecular complexity index is 669. The van der Waals surface area contributed by atoms with Crippen LogP contribution in [0.15, 0.2) is 42.7 Å². The largest absolute Gasteiger partial charge is 0.352 e. The van der Waals surface area contributed by atoms with Gasteiger partial charge in [0.25, 0.3) is 0 Å². The van der Waals surface area contributed by atoms with Gasteiger partial charge in [-0.05, 0) is 18.4 Å². The lowest BCUT2D eigenvalue weighted by Gasteiger charge is -2.33. The van der Waals surface area contributed by atoms with E-state index >= 15 is 0 Å². The highest BCUT2D eigenvalue weighted by Gasteiger charge is 2.26. The number of nitrogens with zero attached hydrogens (tertiary/aromatic N) is 2. The van der Waals surface area contributed by atoms with Crippen LogP contribution in [0.4, 0.5) is 0 Å². The molecular weight excluding hydrogens is 472 g/mol. The SMILES string of the molecule is CCCCCCCCCCCCCCCCCCCN1C=CN(CCCCCCCCC)C1c1ccccc1. The zero-order valence-electron chi connectivity index (χ0n) is 26.4. The van der Waals surface area contributed by atoms with Crippen LogP contribution in [-0.4, -0.2) is 22.9 Å². The summed E-state index contributed by atoms with van der Waals surface area (Å²) in [6.07, 6.45) is 39.2. The molecule has 0 aromatic heterocycles. The van der Waals surface area contributed by atoms with Crippen molar-refractivity contribution in [1.82, 2.24) is 9.80 Å². The molecule has 0 N–H and O–H groups in total. The first-order valence-corrected chi connectivity index (χ1v) is 17.6. The minimum atomic E-state index is 0.396. The predicted molar refractivity (Wildman–Crippen MR) is 174 cm³/mol. The molecule has 0 bridgehead atoms. The fraction of sp³-hybridized carbons (Fsp3) is 0.784. The average Bonchev–Trinajstić information content (AvgIpc) is 3.37. The molecule has 0 aliphatic carbocycles. The molecule has 1 aromatic carbocycles. The van der Waals surface area contributed by atoms with Crippen LogP contribution in [0.1, 0.15) is 180 Å². The lowest BCUT2D eigenvalue weighted by molar-refractivity contribution is 0.149. The van der Waals surface area contributed by atoms with Gasteiger partial charge in [0.05, 0.1) is 0 Å². The zero-order chi connectivity index (χ0) is 27.6. The molecule has 1 aromatic rings. The maximum atomic E-state index is 2.60. The molecule has 0 spiro atoms. The number of benzene rings is 1. The first-order valence-electron chi connectivity index (χ1n) is 17.6. The Kier molecular flexibility index (Phi) is 21.1. The number of unbranched alkanes of at least 4 members (excludes halogenated alkanes) is 22. The molecule has 1 aliphatic heterocycles. The molecule has 0 saturated carbocycles. The maximum absolute atomic E-state index is 2.60. The Morgan fingerprint density at radius 1 is 0.410 bits per heavy atom. The van der Waals surface area contributed by atoms with Gasteiger partial charge < -0.3 is 9.80 Å². The molecule has 0 fully saturated rings. The quantitative estimate of drug-likeness (QED) is 0.103. The van der Waals surface area contributed by atoms with Gasteiger partial charge in [0.15, 0.2) is 0 Å². The van der Waals surface area contributed by atoms with E-state index in [0.29, 0.717) is 6.17 Å². The normalized spacial score (nSPS) is 15.1. The minimum absolute atomic E-state index is 0.396. The van der Waals surface area contributed by atoms with Crippen LogP contribution in [0.25, 0.3) is 0 Å². The molecule has 0 radical (unpaired) electrons. The van der Waals surface area contributed by atoms with Crippen LogP contribution in [0, 0.1) is 0 Å². The minimum Gasteiger partial charge on any atom is -0.352 e. The van der Waals surface area contributed by atoms with Crippen molar-refractivity contribution in [2.24, 2.45) is 0 Å². The number of hydrogen-bond acceptors (Lipinski definition) is 2. The van der Waals surface area contributed by atoms with E-state index in [0.717, 1.165) is 0 Å². The van der Waals surface area contributed by atoms with E-state index in [2.05, 4.69) is 66.4 Å². The van der Waals surface area contributed by atoms with Gasteiger partial charge >= 0.3 is 0 Å². The monoisotopic (exact) mass is 539 g/mol. The van der Waals surface area contributed by atoms with Crippen molar-refractivity contribution in [3.63, 3.8) is 0 Å². The van der Waals surface area contributed by atoms with Crippen molar-refractivity contribution >= 4 is 0 Å². The van der Waals surface area contributed by atoms with Crippen molar-refractivity contribution in [3.05, 3.63) is 48.3 Å². The predicted octanol–water partition coefficient (Wildman–Crippen LogP) is 12.2. The van der Waals surface area contributed by atoms with Crippen molar-refractivity contribution in [2.75, 3.05) is 13.1 Å². The van der Waals surface area contributed by atoms with Crippen molar-refractivity contribution in [1.29, 1.82) is 0 Å². The fourth-order valence-electron chi connectivity index (χ4n) is 6.20. The molecule has 1 aliphatic rings. The second-order valence-corrected chi connectivity index (χ2v) is 12.3. The molecule has 0 amide bonds. The number of rotatable bonds is 27. The summed E-state index contributed by atoms with van der Waals surface area (Å²) in [7, 11) is 0. The summed E-state index contributed by atoms with van der Waals surface area (Å²) in [4.78, 5) is 5.19. The van der Waals surface area contributed by atoms with E-state index < -0.39 is 0 Å². The van der Waals surface area contributed by atoms with E-state index in [-0.39, 0.29) is 0 Å². The lowest BCUT2D eigenvalue weighted by atomic mass is 10.0. The van der Waals surface area contributed by atoms with Gasteiger partial charge in [0.1, 0.15) is 6.17 Å². The standard InChI is InChI=1S/C37H66N2/c1-3-5-7-9-11-12-13-14-15-16-17-18-19-20-22-24-29-33-39-35-34-38(32-28-23-21-10-8-6-4-2)37(39)36-30-26-25-27-31-36/h25-27,30-31,34-35,37H,3-24,28-29,32-33H2,1-2H3. The van der Waals surface area contributed by atoms with Gasteiger partial charge in [-0.25, -0.2) is 0 Å². The molecule has 2 rings (SSSR count). The van der Waals surface area contributed by atoms with Crippen LogP contribution in [-0.2, 0) is 0 Å². The van der Waals surface area contributed by atoms with Crippen LogP contribution in [0.3, 0.4) is 0 Å². The Morgan fingerprint density at radius 2 is 0.718 bits per heavy atom. The Morgan fingerprint density at radius 3 is 1.05 bits per heavy atom.